The highest BCUT2D eigenvalue weighted by Gasteiger charge is 2.20. The van der Waals surface area contributed by atoms with Gasteiger partial charge < -0.3 is 15.5 Å². The summed E-state index contributed by atoms with van der Waals surface area (Å²) in [6.07, 6.45) is 3.41. The van der Waals surface area contributed by atoms with Crippen LogP contribution in [-0.4, -0.2) is 37.1 Å². The molecule has 6 nitrogen and oxygen atoms in total. The summed E-state index contributed by atoms with van der Waals surface area (Å²) in [5.74, 6) is 0. The lowest BCUT2D eigenvalue weighted by Gasteiger charge is -2.16. The van der Waals surface area contributed by atoms with Crippen LogP contribution in [0, 0.1) is 0 Å². The molecule has 6 heteroatoms. The summed E-state index contributed by atoms with van der Waals surface area (Å²) in [5, 5.41) is 6.00. The lowest BCUT2D eigenvalue weighted by molar-refractivity contribution is 0.425. The first-order valence-electron chi connectivity index (χ1n) is 6.44. The Hall–Kier alpha value is -2.21. The second-order valence-electron chi connectivity index (χ2n) is 4.85. The molecule has 1 aromatic carbocycles. The Bertz CT molecular complexity index is 630. The number of pyridine rings is 1. The zero-order chi connectivity index (χ0) is 14.5. The third-order valence-corrected chi connectivity index (χ3v) is 2.96. The second-order valence-corrected chi connectivity index (χ2v) is 4.85. The van der Waals surface area contributed by atoms with Gasteiger partial charge in [-0.05, 0) is 25.7 Å². The quantitative estimate of drug-likeness (QED) is 0.706. The molecular formula is C14H18N4O2. The zero-order valence-electron chi connectivity index (χ0n) is 11.6. The van der Waals surface area contributed by atoms with E-state index in [0.29, 0.717) is 24.5 Å². The lowest BCUT2D eigenvalue weighted by Crippen LogP contribution is -2.38. The molecule has 2 rings (SSSR count). The van der Waals surface area contributed by atoms with E-state index < -0.39 is 10.9 Å². The molecule has 2 N–H and O–H groups in total. The van der Waals surface area contributed by atoms with Gasteiger partial charge in [0.25, 0.3) is 10.9 Å². The van der Waals surface area contributed by atoms with Crippen molar-refractivity contribution in [3.63, 3.8) is 0 Å². The van der Waals surface area contributed by atoms with E-state index in [9.17, 15) is 9.59 Å². The lowest BCUT2D eigenvalue weighted by atomic mass is 10.1. The molecule has 0 saturated carbocycles. The fourth-order valence-electron chi connectivity index (χ4n) is 1.83. The third-order valence-electron chi connectivity index (χ3n) is 2.96. The minimum absolute atomic E-state index is 0.373. The second kappa shape index (κ2) is 6.29. The molecule has 0 aliphatic carbocycles. The maximum absolute atomic E-state index is 11.6. The van der Waals surface area contributed by atoms with E-state index in [-0.39, 0.29) is 0 Å². The minimum Gasteiger partial charge on any atom is -0.379 e. The minimum atomic E-state index is -0.457. The average molecular weight is 274 g/mol. The first kappa shape index (κ1) is 14.2. The largest absolute Gasteiger partial charge is 0.379 e. The number of rotatable bonds is 7. The van der Waals surface area contributed by atoms with Crippen molar-refractivity contribution >= 4 is 11.4 Å². The first-order chi connectivity index (χ1) is 9.59. The van der Waals surface area contributed by atoms with E-state index in [1.165, 1.54) is 0 Å². The van der Waals surface area contributed by atoms with Gasteiger partial charge in [-0.3, -0.25) is 14.6 Å². The maximum atomic E-state index is 11.6. The van der Waals surface area contributed by atoms with Crippen molar-refractivity contribution in [1.82, 2.24) is 9.88 Å². The van der Waals surface area contributed by atoms with Gasteiger partial charge in [-0.1, -0.05) is 6.07 Å². The van der Waals surface area contributed by atoms with Crippen molar-refractivity contribution in [3.8, 4) is 0 Å². The molecular weight excluding hydrogens is 256 g/mol. The summed E-state index contributed by atoms with van der Waals surface area (Å²) >= 11 is 0. The number of hydrogen-bond acceptors (Lipinski definition) is 6. The van der Waals surface area contributed by atoms with E-state index in [0.717, 1.165) is 12.1 Å². The molecule has 0 unspecified atom stereocenters. The van der Waals surface area contributed by atoms with Gasteiger partial charge in [0.1, 0.15) is 11.4 Å². The topological polar surface area (TPSA) is 74.3 Å². The molecule has 0 aliphatic rings. The molecule has 0 aliphatic heterocycles. The average Bonchev–Trinajstić information content (AvgIpc) is 2.45. The van der Waals surface area contributed by atoms with Crippen LogP contribution in [0.5, 0.6) is 0 Å². The van der Waals surface area contributed by atoms with Gasteiger partial charge in [0, 0.05) is 32.0 Å². The van der Waals surface area contributed by atoms with Crippen molar-refractivity contribution in [2.45, 2.75) is 6.54 Å². The van der Waals surface area contributed by atoms with Crippen molar-refractivity contribution in [2.24, 2.45) is 0 Å². The van der Waals surface area contributed by atoms with E-state index in [1.807, 2.05) is 31.1 Å². The Labute approximate surface area is 117 Å². The van der Waals surface area contributed by atoms with Gasteiger partial charge in [0.2, 0.25) is 0 Å². The zero-order valence-corrected chi connectivity index (χ0v) is 11.6. The molecule has 106 valence electrons. The molecule has 0 radical (unpaired) electrons. The Balaban J connectivity index is 1.96. The molecule has 20 heavy (non-hydrogen) atoms. The van der Waals surface area contributed by atoms with E-state index in [4.69, 9.17) is 0 Å². The van der Waals surface area contributed by atoms with Crippen molar-refractivity contribution < 1.29 is 0 Å². The summed E-state index contributed by atoms with van der Waals surface area (Å²) < 4.78 is 0. The van der Waals surface area contributed by atoms with Crippen molar-refractivity contribution in [1.29, 1.82) is 0 Å². The van der Waals surface area contributed by atoms with Crippen LogP contribution < -0.4 is 21.5 Å². The number of likely N-dealkylation sites (N-methyl/N-ethyl adjacent to an activating group) is 1. The molecule has 0 bridgehead atoms. The van der Waals surface area contributed by atoms with Crippen LogP contribution in [0.3, 0.4) is 0 Å². The SMILES string of the molecule is CN(C)CCNc1c(NCc2cccnc2)c(=O)c1=O. The molecule has 0 spiro atoms. The van der Waals surface area contributed by atoms with Crippen molar-refractivity contribution in [2.75, 3.05) is 37.8 Å². The number of hydrogen-bond donors (Lipinski definition) is 2. The molecule has 0 atom stereocenters. The first-order valence-corrected chi connectivity index (χ1v) is 6.44. The van der Waals surface area contributed by atoms with Gasteiger partial charge in [-0.25, -0.2) is 0 Å². The van der Waals surface area contributed by atoms with Gasteiger partial charge >= 0.3 is 0 Å². The fourth-order valence-corrected chi connectivity index (χ4v) is 1.83. The maximum Gasteiger partial charge on any atom is 0.253 e. The van der Waals surface area contributed by atoms with Crippen molar-refractivity contribution in [3.05, 3.63) is 50.5 Å². The number of anilines is 2. The van der Waals surface area contributed by atoms with Crippen LogP contribution >= 0.6 is 0 Å². The van der Waals surface area contributed by atoms with E-state index in [1.54, 1.807) is 12.4 Å². The summed E-state index contributed by atoms with van der Waals surface area (Å²) in [6.45, 7) is 1.89. The highest BCUT2D eigenvalue weighted by molar-refractivity contribution is 5.73. The molecule has 1 aromatic heterocycles. The van der Waals surface area contributed by atoms with Gasteiger partial charge in [0.05, 0.1) is 0 Å². The van der Waals surface area contributed by atoms with Gasteiger partial charge in [-0.2, -0.15) is 0 Å². The van der Waals surface area contributed by atoms with Crippen LogP contribution in [0.2, 0.25) is 0 Å². The number of aromatic nitrogens is 1. The summed E-state index contributed by atoms with van der Waals surface area (Å²) in [5.41, 5.74) is 0.817. The number of nitrogens with zero attached hydrogens (tertiary/aromatic N) is 2. The normalized spacial score (nSPS) is 10.9. The Morgan fingerprint density at radius 2 is 1.85 bits per heavy atom. The highest BCUT2D eigenvalue weighted by Crippen LogP contribution is 2.15. The molecule has 0 saturated heterocycles. The number of nitrogens with one attached hydrogen (secondary N) is 2. The molecule has 0 amide bonds. The molecule has 2 aromatic rings. The van der Waals surface area contributed by atoms with E-state index >= 15 is 0 Å². The predicted molar refractivity (Wildman–Crippen MR) is 80.0 cm³/mol. The van der Waals surface area contributed by atoms with E-state index in [2.05, 4.69) is 15.6 Å². The fraction of sp³-hybridized carbons (Fsp3) is 0.357. The Kier molecular flexibility index (Phi) is 4.47. The Morgan fingerprint density at radius 3 is 2.45 bits per heavy atom. The molecule has 1 heterocycles. The third kappa shape index (κ3) is 3.21. The summed E-state index contributed by atoms with van der Waals surface area (Å²) in [4.78, 5) is 29.1. The van der Waals surface area contributed by atoms with Crippen LogP contribution in [0.15, 0.2) is 34.1 Å². The smallest absolute Gasteiger partial charge is 0.253 e. The van der Waals surface area contributed by atoms with Crippen LogP contribution in [0.25, 0.3) is 0 Å². The molecule has 0 fully saturated rings. The van der Waals surface area contributed by atoms with Crippen LogP contribution in [0.4, 0.5) is 11.4 Å². The highest BCUT2D eigenvalue weighted by atomic mass is 16.2. The summed E-state index contributed by atoms with van der Waals surface area (Å²) in [7, 11) is 3.90. The van der Waals surface area contributed by atoms with Crippen LogP contribution in [-0.2, 0) is 6.54 Å². The van der Waals surface area contributed by atoms with Gasteiger partial charge in [0.15, 0.2) is 0 Å². The monoisotopic (exact) mass is 274 g/mol. The predicted octanol–water partition coefficient (Wildman–Crippen LogP) is 0.263. The van der Waals surface area contributed by atoms with Gasteiger partial charge in [-0.15, -0.1) is 0 Å². The summed E-state index contributed by atoms with van der Waals surface area (Å²) in [6, 6.07) is 3.74. The van der Waals surface area contributed by atoms with Crippen LogP contribution in [0.1, 0.15) is 5.56 Å². The standard InChI is InChI=1S/C14H18N4O2/c1-18(2)7-6-16-11-12(14(20)13(11)19)17-9-10-4-3-5-15-8-10/h3-5,8,16-17H,6-7,9H2,1-2H3. The Morgan fingerprint density at radius 1 is 1.15 bits per heavy atom.